The molecule has 3 atom stereocenters. The number of aromatic nitrogens is 1. The number of nitrogens with one attached hydrogen (secondary N) is 2. The van der Waals surface area contributed by atoms with Gasteiger partial charge >= 0.3 is 0 Å². The Kier molecular flexibility index (Phi) is 5.47. The molecular formula is C18H29N5O4S. The molecule has 1 aromatic rings. The van der Waals surface area contributed by atoms with Crippen LogP contribution in [-0.4, -0.2) is 72.4 Å². The fraction of sp³-hybridized carbons (Fsp3) is 0.778. The Bertz CT molecular complexity index is 822. The Hall–Kier alpha value is -1.49. The minimum absolute atomic E-state index is 0.0722. The summed E-state index contributed by atoms with van der Waals surface area (Å²) in [6.07, 6.45) is 3.35. The molecule has 2 aliphatic heterocycles. The lowest BCUT2D eigenvalue weighted by molar-refractivity contribution is 0.0903. The number of piperidine rings is 1. The van der Waals surface area contributed by atoms with E-state index in [1.54, 1.807) is 14.7 Å². The van der Waals surface area contributed by atoms with Gasteiger partial charge in [-0.25, -0.2) is 0 Å². The fourth-order valence-corrected chi connectivity index (χ4v) is 6.00. The third-order valence-corrected chi connectivity index (χ3v) is 7.96. The van der Waals surface area contributed by atoms with Crippen LogP contribution >= 0.6 is 0 Å². The van der Waals surface area contributed by atoms with E-state index in [2.05, 4.69) is 15.8 Å². The molecule has 3 fully saturated rings. The highest BCUT2D eigenvalue weighted by molar-refractivity contribution is 7.86. The van der Waals surface area contributed by atoms with Crippen molar-refractivity contribution >= 4 is 16.1 Å². The molecule has 3 heterocycles. The molecule has 2 N–H and O–H groups in total. The van der Waals surface area contributed by atoms with E-state index in [9.17, 15) is 13.2 Å². The van der Waals surface area contributed by atoms with Crippen LogP contribution in [0.4, 0.5) is 0 Å². The topological polar surface area (TPSA) is 108 Å². The van der Waals surface area contributed by atoms with Gasteiger partial charge in [0.05, 0.1) is 0 Å². The van der Waals surface area contributed by atoms with E-state index in [1.165, 1.54) is 0 Å². The van der Waals surface area contributed by atoms with Gasteiger partial charge in [0.1, 0.15) is 5.76 Å². The molecule has 0 unspecified atom stereocenters. The van der Waals surface area contributed by atoms with Crippen molar-refractivity contribution in [3.63, 3.8) is 0 Å². The molecule has 0 spiro atoms. The van der Waals surface area contributed by atoms with Crippen molar-refractivity contribution in [3.05, 3.63) is 17.5 Å². The third kappa shape index (κ3) is 4.10. The number of rotatable bonds is 5. The molecule has 10 heteroatoms. The van der Waals surface area contributed by atoms with Crippen molar-refractivity contribution in [2.45, 2.75) is 63.6 Å². The minimum atomic E-state index is -3.48. The lowest BCUT2D eigenvalue weighted by Crippen LogP contribution is -2.59. The molecule has 1 aliphatic carbocycles. The van der Waals surface area contributed by atoms with Gasteiger partial charge in [-0.15, -0.1) is 0 Å². The van der Waals surface area contributed by atoms with Crippen LogP contribution in [0.5, 0.6) is 0 Å². The molecule has 3 aliphatic rings. The molecule has 1 amide bonds. The maximum atomic E-state index is 13.0. The number of carbonyl (C=O) groups excluding carboxylic acids is 1. The summed E-state index contributed by atoms with van der Waals surface area (Å²) in [5.74, 6) is 0.944. The van der Waals surface area contributed by atoms with E-state index in [1.807, 2.05) is 13.8 Å². The highest BCUT2D eigenvalue weighted by atomic mass is 32.2. The Labute approximate surface area is 166 Å². The van der Waals surface area contributed by atoms with Gasteiger partial charge in [0.15, 0.2) is 5.69 Å². The van der Waals surface area contributed by atoms with E-state index in [-0.39, 0.29) is 24.0 Å². The van der Waals surface area contributed by atoms with Gasteiger partial charge in [0.25, 0.3) is 16.1 Å². The standard InChI is InChI=1S/C18H29N5O4S/c1-12-11-22(8-6-19-12)28(25,26)23-7-5-15(9-13(23)2)20-18(24)16-10-17(27-21-16)14-3-4-14/h10,12-15,19H,3-9,11H2,1-2H3,(H,20,24)/t12-,13-,15-/m0/s1. The molecule has 28 heavy (non-hydrogen) atoms. The fourth-order valence-electron chi connectivity index (χ4n) is 4.10. The second-order valence-corrected chi connectivity index (χ2v) is 10.1. The summed E-state index contributed by atoms with van der Waals surface area (Å²) in [6.45, 7) is 5.95. The van der Waals surface area contributed by atoms with Crippen molar-refractivity contribution in [2.75, 3.05) is 26.2 Å². The van der Waals surface area contributed by atoms with Crippen LogP contribution < -0.4 is 10.6 Å². The van der Waals surface area contributed by atoms with Gasteiger partial charge in [0.2, 0.25) is 0 Å². The Balaban J connectivity index is 1.34. The molecule has 2 saturated heterocycles. The first-order valence-electron chi connectivity index (χ1n) is 10.1. The molecule has 4 rings (SSSR count). The maximum Gasteiger partial charge on any atom is 0.282 e. The smallest absolute Gasteiger partial charge is 0.282 e. The number of amides is 1. The second kappa shape index (κ2) is 7.74. The van der Waals surface area contributed by atoms with Crippen molar-refractivity contribution < 1.29 is 17.7 Å². The molecular weight excluding hydrogens is 382 g/mol. The lowest BCUT2D eigenvalue weighted by atomic mass is 10.0. The van der Waals surface area contributed by atoms with Gasteiger partial charge in [-0.1, -0.05) is 5.16 Å². The third-order valence-electron chi connectivity index (χ3n) is 5.85. The number of hydrogen-bond acceptors (Lipinski definition) is 6. The van der Waals surface area contributed by atoms with E-state index in [4.69, 9.17) is 4.52 Å². The van der Waals surface area contributed by atoms with Gasteiger partial charge < -0.3 is 15.2 Å². The average molecular weight is 412 g/mol. The second-order valence-electron chi connectivity index (χ2n) is 8.26. The number of carbonyl (C=O) groups is 1. The molecule has 156 valence electrons. The van der Waals surface area contributed by atoms with E-state index in [0.29, 0.717) is 50.6 Å². The van der Waals surface area contributed by atoms with Crippen molar-refractivity contribution in [1.29, 1.82) is 0 Å². The van der Waals surface area contributed by atoms with E-state index < -0.39 is 10.2 Å². The molecule has 0 bridgehead atoms. The number of nitrogens with zero attached hydrogens (tertiary/aromatic N) is 3. The predicted octanol–water partition coefficient (Wildman–Crippen LogP) is 0.673. The van der Waals surface area contributed by atoms with Crippen LogP contribution in [0.1, 0.15) is 61.7 Å². The van der Waals surface area contributed by atoms with Crippen molar-refractivity contribution in [3.8, 4) is 0 Å². The van der Waals surface area contributed by atoms with Gasteiger partial charge in [-0.05, 0) is 39.5 Å². The zero-order valence-electron chi connectivity index (χ0n) is 16.4. The van der Waals surface area contributed by atoms with E-state index >= 15 is 0 Å². The quantitative estimate of drug-likeness (QED) is 0.738. The van der Waals surface area contributed by atoms with Gasteiger partial charge in [-0.3, -0.25) is 4.79 Å². The Morgan fingerprint density at radius 2 is 2.07 bits per heavy atom. The van der Waals surface area contributed by atoms with Crippen LogP contribution in [0.3, 0.4) is 0 Å². The first kappa shape index (κ1) is 19.8. The Morgan fingerprint density at radius 3 is 2.75 bits per heavy atom. The van der Waals surface area contributed by atoms with Crippen molar-refractivity contribution in [2.24, 2.45) is 0 Å². The monoisotopic (exact) mass is 411 g/mol. The SMILES string of the molecule is C[C@H]1CN(S(=O)(=O)N2CC[C@H](NC(=O)c3cc(C4CC4)on3)C[C@@H]2C)CCN1. The molecule has 1 saturated carbocycles. The molecule has 1 aromatic heterocycles. The number of hydrogen-bond donors (Lipinski definition) is 2. The largest absolute Gasteiger partial charge is 0.360 e. The summed E-state index contributed by atoms with van der Waals surface area (Å²) < 4.78 is 34.5. The predicted molar refractivity (Wildman–Crippen MR) is 103 cm³/mol. The zero-order chi connectivity index (χ0) is 19.9. The zero-order valence-corrected chi connectivity index (χ0v) is 17.2. The summed E-state index contributed by atoms with van der Waals surface area (Å²) in [7, 11) is -3.48. The Morgan fingerprint density at radius 1 is 1.29 bits per heavy atom. The average Bonchev–Trinajstić information content (AvgIpc) is 3.38. The normalized spacial score (nSPS) is 30.3. The first-order chi connectivity index (χ1) is 13.3. The molecule has 0 aromatic carbocycles. The summed E-state index contributed by atoms with van der Waals surface area (Å²) in [5.41, 5.74) is 0.305. The van der Waals surface area contributed by atoms with Crippen LogP contribution in [0, 0.1) is 0 Å². The summed E-state index contributed by atoms with van der Waals surface area (Å²) in [4.78, 5) is 12.5. The summed E-state index contributed by atoms with van der Waals surface area (Å²) >= 11 is 0. The highest BCUT2D eigenvalue weighted by Gasteiger charge is 2.39. The molecule has 9 nitrogen and oxygen atoms in total. The first-order valence-corrected chi connectivity index (χ1v) is 11.5. The van der Waals surface area contributed by atoms with Gasteiger partial charge in [0, 0.05) is 56.3 Å². The highest BCUT2D eigenvalue weighted by Crippen LogP contribution is 2.40. The van der Waals surface area contributed by atoms with Crippen LogP contribution in [0.25, 0.3) is 0 Å². The maximum absolute atomic E-state index is 13.0. The van der Waals surface area contributed by atoms with Crippen molar-refractivity contribution in [1.82, 2.24) is 24.4 Å². The van der Waals surface area contributed by atoms with Crippen LogP contribution in [-0.2, 0) is 10.2 Å². The summed E-state index contributed by atoms with van der Waals surface area (Å²) in [6, 6.07) is 1.63. The summed E-state index contributed by atoms with van der Waals surface area (Å²) in [5, 5.41) is 10.1. The lowest BCUT2D eigenvalue weighted by Gasteiger charge is -2.41. The number of piperazine rings is 1. The minimum Gasteiger partial charge on any atom is -0.360 e. The van der Waals surface area contributed by atoms with E-state index in [0.717, 1.165) is 18.6 Å². The van der Waals surface area contributed by atoms with Crippen LogP contribution in [0.2, 0.25) is 0 Å². The molecule has 0 radical (unpaired) electrons. The van der Waals surface area contributed by atoms with Gasteiger partial charge in [-0.2, -0.15) is 17.0 Å². The van der Waals surface area contributed by atoms with Crippen LogP contribution in [0.15, 0.2) is 10.6 Å².